The van der Waals surface area contributed by atoms with Crippen molar-refractivity contribution in [1.82, 2.24) is 4.31 Å². The standard InChI is InChI=1S/C21H24Cl2N2O4S/c1-29-20-11-10-18(13-19(20)23)30(27,28)25(17-8-3-2-4-9-17)14-21(26)24-16-7-5-6-15(22)12-16/h5-7,10-13,17H,2-4,8-9,14H2,1H3,(H,24,26). The fraction of sp³-hybridized carbons (Fsp3) is 0.381. The number of halogens is 2. The van der Waals surface area contributed by atoms with E-state index in [0.717, 1.165) is 19.3 Å². The van der Waals surface area contributed by atoms with Gasteiger partial charge >= 0.3 is 0 Å². The summed E-state index contributed by atoms with van der Waals surface area (Å²) in [6.45, 7) is -0.289. The average molecular weight is 471 g/mol. The first-order valence-electron chi connectivity index (χ1n) is 9.72. The Morgan fingerprint density at radius 2 is 1.87 bits per heavy atom. The van der Waals surface area contributed by atoms with Crippen LogP contribution in [0.15, 0.2) is 47.4 Å². The number of sulfonamides is 1. The summed E-state index contributed by atoms with van der Waals surface area (Å²) in [6, 6.07) is 10.8. The summed E-state index contributed by atoms with van der Waals surface area (Å²) >= 11 is 12.1. The minimum absolute atomic E-state index is 0.0365. The normalized spacial score (nSPS) is 15.2. The van der Waals surface area contributed by atoms with Crippen LogP contribution in [0.4, 0.5) is 5.69 Å². The van der Waals surface area contributed by atoms with Crippen LogP contribution in [0.5, 0.6) is 5.75 Å². The van der Waals surface area contributed by atoms with Crippen LogP contribution in [-0.2, 0) is 14.8 Å². The van der Waals surface area contributed by atoms with E-state index in [0.29, 0.717) is 29.3 Å². The zero-order valence-electron chi connectivity index (χ0n) is 16.6. The van der Waals surface area contributed by atoms with Crippen molar-refractivity contribution in [3.8, 4) is 5.75 Å². The molecule has 1 N–H and O–H groups in total. The average Bonchev–Trinajstić information content (AvgIpc) is 2.72. The predicted octanol–water partition coefficient (Wildman–Crippen LogP) is 4.96. The second-order valence-corrected chi connectivity index (χ2v) is 9.93. The Labute approximate surface area is 187 Å². The largest absolute Gasteiger partial charge is 0.495 e. The van der Waals surface area contributed by atoms with Crippen molar-refractivity contribution >= 4 is 44.8 Å². The number of ether oxygens (including phenoxy) is 1. The van der Waals surface area contributed by atoms with Crippen LogP contribution in [0.25, 0.3) is 0 Å². The number of nitrogens with one attached hydrogen (secondary N) is 1. The highest BCUT2D eigenvalue weighted by molar-refractivity contribution is 7.89. The van der Waals surface area contributed by atoms with Crippen molar-refractivity contribution in [2.24, 2.45) is 0 Å². The Balaban J connectivity index is 1.87. The van der Waals surface area contributed by atoms with Gasteiger partial charge < -0.3 is 10.1 Å². The molecule has 2 aromatic rings. The van der Waals surface area contributed by atoms with Crippen LogP contribution in [0, 0.1) is 0 Å². The number of carbonyl (C=O) groups is 1. The van der Waals surface area contributed by atoms with Gasteiger partial charge in [-0.15, -0.1) is 0 Å². The maximum atomic E-state index is 13.5. The van der Waals surface area contributed by atoms with Crippen LogP contribution in [-0.4, -0.2) is 38.3 Å². The van der Waals surface area contributed by atoms with Crippen molar-refractivity contribution in [3.63, 3.8) is 0 Å². The van der Waals surface area contributed by atoms with Gasteiger partial charge in [-0.1, -0.05) is 48.5 Å². The molecule has 0 unspecified atom stereocenters. The maximum Gasteiger partial charge on any atom is 0.243 e. The van der Waals surface area contributed by atoms with E-state index in [1.54, 1.807) is 24.3 Å². The van der Waals surface area contributed by atoms with Crippen LogP contribution < -0.4 is 10.1 Å². The molecule has 0 atom stereocenters. The number of hydrogen-bond donors (Lipinski definition) is 1. The van der Waals surface area contributed by atoms with E-state index in [4.69, 9.17) is 27.9 Å². The van der Waals surface area contributed by atoms with Gasteiger partial charge in [0.25, 0.3) is 0 Å². The Morgan fingerprint density at radius 3 is 2.50 bits per heavy atom. The highest BCUT2D eigenvalue weighted by atomic mass is 35.5. The quantitative estimate of drug-likeness (QED) is 0.619. The van der Waals surface area contributed by atoms with Gasteiger partial charge in [0.05, 0.1) is 23.6 Å². The first-order valence-corrected chi connectivity index (χ1v) is 11.9. The topological polar surface area (TPSA) is 75.7 Å². The molecule has 162 valence electrons. The number of anilines is 1. The highest BCUT2D eigenvalue weighted by Crippen LogP contribution is 2.32. The van der Waals surface area contributed by atoms with E-state index in [1.807, 2.05) is 0 Å². The molecule has 0 saturated heterocycles. The third kappa shape index (κ3) is 5.46. The second kappa shape index (κ2) is 10.0. The summed E-state index contributed by atoms with van der Waals surface area (Å²) in [5, 5.41) is 3.41. The predicted molar refractivity (Wildman–Crippen MR) is 119 cm³/mol. The van der Waals surface area contributed by atoms with E-state index in [1.165, 1.54) is 29.6 Å². The van der Waals surface area contributed by atoms with Gasteiger partial charge in [0.15, 0.2) is 0 Å². The van der Waals surface area contributed by atoms with Crippen molar-refractivity contribution in [3.05, 3.63) is 52.5 Å². The third-order valence-corrected chi connectivity index (χ3v) is 7.54. The molecule has 3 rings (SSSR count). The Bertz CT molecular complexity index is 1010. The van der Waals surface area contributed by atoms with E-state index in [9.17, 15) is 13.2 Å². The molecular formula is C21H24Cl2N2O4S. The molecule has 0 spiro atoms. The molecule has 0 radical (unpaired) electrons. The number of carbonyl (C=O) groups excluding carboxylic acids is 1. The molecule has 1 aliphatic rings. The molecule has 6 nitrogen and oxygen atoms in total. The summed E-state index contributed by atoms with van der Waals surface area (Å²) < 4.78 is 33.3. The third-order valence-electron chi connectivity index (χ3n) is 5.12. The molecular weight excluding hydrogens is 447 g/mol. The molecule has 1 aliphatic carbocycles. The number of hydrogen-bond acceptors (Lipinski definition) is 4. The monoisotopic (exact) mass is 470 g/mol. The Morgan fingerprint density at radius 1 is 1.13 bits per heavy atom. The zero-order chi connectivity index (χ0) is 21.7. The molecule has 1 saturated carbocycles. The van der Waals surface area contributed by atoms with Gasteiger partial charge in [-0.25, -0.2) is 8.42 Å². The molecule has 1 fully saturated rings. The minimum Gasteiger partial charge on any atom is -0.495 e. The summed E-state index contributed by atoms with van der Waals surface area (Å²) in [6.07, 6.45) is 4.35. The number of nitrogens with zero attached hydrogens (tertiary/aromatic N) is 1. The van der Waals surface area contributed by atoms with E-state index in [-0.39, 0.29) is 22.5 Å². The summed E-state index contributed by atoms with van der Waals surface area (Å²) in [7, 11) is -2.48. The lowest BCUT2D eigenvalue weighted by Gasteiger charge is -2.33. The Hall–Kier alpha value is -1.80. The Kier molecular flexibility index (Phi) is 7.63. The first-order chi connectivity index (χ1) is 14.3. The first kappa shape index (κ1) is 22.9. The fourth-order valence-corrected chi connectivity index (χ4v) is 5.81. The molecule has 9 heteroatoms. The van der Waals surface area contributed by atoms with Gasteiger partial charge in [-0.3, -0.25) is 4.79 Å². The van der Waals surface area contributed by atoms with Crippen LogP contribution in [0.3, 0.4) is 0 Å². The lowest BCUT2D eigenvalue weighted by atomic mass is 9.95. The van der Waals surface area contributed by atoms with Gasteiger partial charge in [-0.2, -0.15) is 4.31 Å². The molecule has 1 amide bonds. The molecule has 2 aromatic carbocycles. The maximum absolute atomic E-state index is 13.5. The van der Waals surface area contributed by atoms with E-state index in [2.05, 4.69) is 5.32 Å². The summed E-state index contributed by atoms with van der Waals surface area (Å²) in [5.41, 5.74) is 0.515. The summed E-state index contributed by atoms with van der Waals surface area (Å²) in [5.74, 6) is -0.0374. The van der Waals surface area contributed by atoms with Crippen LogP contribution >= 0.6 is 23.2 Å². The minimum atomic E-state index is -3.94. The van der Waals surface area contributed by atoms with Crippen molar-refractivity contribution in [1.29, 1.82) is 0 Å². The number of rotatable bonds is 7. The molecule has 0 heterocycles. The second-order valence-electron chi connectivity index (χ2n) is 7.20. The van der Waals surface area contributed by atoms with Gasteiger partial charge in [0, 0.05) is 16.8 Å². The number of methoxy groups -OCH3 is 1. The lowest BCUT2D eigenvalue weighted by Crippen LogP contribution is -2.45. The van der Waals surface area contributed by atoms with E-state index >= 15 is 0 Å². The zero-order valence-corrected chi connectivity index (χ0v) is 18.9. The molecule has 0 aromatic heterocycles. The fourth-order valence-electron chi connectivity index (χ4n) is 3.63. The molecule has 0 aliphatic heterocycles. The van der Waals surface area contributed by atoms with Crippen molar-refractivity contribution in [2.45, 2.75) is 43.0 Å². The molecule has 30 heavy (non-hydrogen) atoms. The lowest BCUT2D eigenvalue weighted by molar-refractivity contribution is -0.116. The van der Waals surface area contributed by atoms with Crippen molar-refractivity contribution < 1.29 is 17.9 Å². The SMILES string of the molecule is COc1ccc(S(=O)(=O)N(CC(=O)Nc2cccc(Cl)c2)C2CCCCC2)cc1Cl. The number of benzene rings is 2. The van der Waals surface area contributed by atoms with Gasteiger partial charge in [0.1, 0.15) is 5.75 Å². The molecule has 0 bridgehead atoms. The highest BCUT2D eigenvalue weighted by Gasteiger charge is 2.34. The van der Waals surface area contributed by atoms with Crippen LogP contribution in [0.1, 0.15) is 32.1 Å². The van der Waals surface area contributed by atoms with Crippen LogP contribution in [0.2, 0.25) is 10.0 Å². The summed E-state index contributed by atoms with van der Waals surface area (Å²) in [4.78, 5) is 12.8. The van der Waals surface area contributed by atoms with Gasteiger partial charge in [-0.05, 0) is 49.2 Å². The van der Waals surface area contributed by atoms with Gasteiger partial charge in [0.2, 0.25) is 15.9 Å². The van der Waals surface area contributed by atoms with E-state index < -0.39 is 15.9 Å². The smallest absolute Gasteiger partial charge is 0.243 e. The van der Waals surface area contributed by atoms with Crippen molar-refractivity contribution in [2.75, 3.05) is 19.0 Å². The number of amides is 1.